The monoisotopic (exact) mass is 199 g/mol. The number of carboxylic acid groups (broad SMARTS) is 1. The first-order valence-electron chi connectivity index (χ1n) is 5.80. The van der Waals surface area contributed by atoms with Crippen LogP contribution in [0, 0.1) is 6.42 Å². The highest BCUT2D eigenvalue weighted by Gasteiger charge is 1.96. The topological polar surface area (TPSA) is 37.3 Å². The van der Waals surface area contributed by atoms with Gasteiger partial charge in [-0.05, 0) is 12.8 Å². The summed E-state index contributed by atoms with van der Waals surface area (Å²) in [5, 5.41) is 8.41. The van der Waals surface area contributed by atoms with Gasteiger partial charge in [-0.3, -0.25) is 4.79 Å². The fourth-order valence-corrected chi connectivity index (χ4v) is 1.42. The van der Waals surface area contributed by atoms with Gasteiger partial charge >= 0.3 is 5.97 Å². The van der Waals surface area contributed by atoms with Gasteiger partial charge in [0.1, 0.15) is 0 Å². The Morgan fingerprint density at radius 1 is 1.07 bits per heavy atom. The number of hydrogen-bond acceptors (Lipinski definition) is 1. The first kappa shape index (κ1) is 13.5. The van der Waals surface area contributed by atoms with Crippen molar-refractivity contribution in [1.29, 1.82) is 0 Å². The van der Waals surface area contributed by atoms with E-state index in [4.69, 9.17) is 5.11 Å². The van der Waals surface area contributed by atoms with Crippen molar-refractivity contribution in [2.75, 3.05) is 0 Å². The fraction of sp³-hybridized carbons (Fsp3) is 0.833. The van der Waals surface area contributed by atoms with Gasteiger partial charge in [-0.15, -0.1) is 0 Å². The maximum absolute atomic E-state index is 10.2. The highest BCUT2D eigenvalue weighted by atomic mass is 16.4. The Morgan fingerprint density at radius 2 is 1.71 bits per heavy atom. The molecule has 0 unspecified atom stereocenters. The summed E-state index contributed by atoms with van der Waals surface area (Å²) < 4.78 is 0. The van der Waals surface area contributed by atoms with E-state index in [9.17, 15) is 4.79 Å². The molecule has 0 aliphatic carbocycles. The Morgan fingerprint density at radius 3 is 2.29 bits per heavy atom. The molecular weight excluding hydrogens is 176 g/mol. The van der Waals surface area contributed by atoms with Crippen molar-refractivity contribution in [1.82, 2.24) is 0 Å². The van der Waals surface area contributed by atoms with Crippen LogP contribution in [0.5, 0.6) is 0 Å². The third-order valence-corrected chi connectivity index (χ3v) is 2.31. The van der Waals surface area contributed by atoms with E-state index in [1.165, 1.54) is 25.7 Å². The lowest BCUT2D eigenvalue weighted by molar-refractivity contribution is -0.137. The van der Waals surface area contributed by atoms with Gasteiger partial charge in [0.05, 0.1) is 0 Å². The molecule has 0 heterocycles. The van der Waals surface area contributed by atoms with Crippen molar-refractivity contribution in [2.45, 2.75) is 64.7 Å². The minimum Gasteiger partial charge on any atom is -0.481 e. The second-order valence-electron chi connectivity index (χ2n) is 3.78. The Labute approximate surface area is 87.7 Å². The minimum atomic E-state index is -0.670. The molecule has 2 nitrogen and oxygen atoms in total. The lowest BCUT2D eigenvalue weighted by Gasteiger charge is -2.00. The molecule has 0 saturated heterocycles. The number of unbranched alkanes of at least 4 members (excludes halogenated alkanes) is 8. The Balaban J connectivity index is 2.88. The van der Waals surface area contributed by atoms with Crippen molar-refractivity contribution in [2.24, 2.45) is 0 Å². The van der Waals surface area contributed by atoms with E-state index in [2.05, 4.69) is 13.3 Å². The van der Waals surface area contributed by atoms with Gasteiger partial charge in [0, 0.05) is 6.42 Å². The van der Waals surface area contributed by atoms with Crippen LogP contribution < -0.4 is 0 Å². The van der Waals surface area contributed by atoms with Crippen molar-refractivity contribution >= 4 is 5.97 Å². The average molecular weight is 199 g/mol. The second-order valence-corrected chi connectivity index (χ2v) is 3.78. The molecule has 0 aliphatic heterocycles. The molecular formula is C12H23O2. The van der Waals surface area contributed by atoms with Crippen LogP contribution in [0.2, 0.25) is 0 Å². The van der Waals surface area contributed by atoms with Crippen LogP contribution in [0.4, 0.5) is 0 Å². The number of aliphatic carboxylic acids is 1. The lowest BCUT2D eigenvalue weighted by Crippen LogP contribution is -1.93. The van der Waals surface area contributed by atoms with Crippen LogP contribution in [-0.2, 0) is 4.79 Å². The molecule has 2 heteroatoms. The molecule has 14 heavy (non-hydrogen) atoms. The quantitative estimate of drug-likeness (QED) is 0.543. The molecule has 0 aliphatic rings. The summed E-state index contributed by atoms with van der Waals surface area (Å²) >= 11 is 0. The van der Waals surface area contributed by atoms with Gasteiger partial charge in [-0.1, -0.05) is 51.9 Å². The van der Waals surface area contributed by atoms with Gasteiger partial charge in [0.2, 0.25) is 0 Å². The normalized spacial score (nSPS) is 10.4. The number of hydrogen-bond donors (Lipinski definition) is 1. The zero-order valence-electron chi connectivity index (χ0n) is 9.30. The van der Waals surface area contributed by atoms with E-state index in [0.29, 0.717) is 6.42 Å². The molecule has 1 radical (unpaired) electrons. The van der Waals surface area contributed by atoms with E-state index in [1.54, 1.807) is 0 Å². The molecule has 0 spiro atoms. The smallest absolute Gasteiger partial charge is 0.303 e. The molecule has 1 N–H and O–H groups in total. The zero-order valence-corrected chi connectivity index (χ0v) is 9.30. The van der Waals surface area contributed by atoms with E-state index < -0.39 is 5.97 Å². The van der Waals surface area contributed by atoms with E-state index in [1.807, 2.05) is 0 Å². The first-order valence-corrected chi connectivity index (χ1v) is 5.80. The number of rotatable bonds is 10. The van der Waals surface area contributed by atoms with Crippen LogP contribution in [0.1, 0.15) is 64.7 Å². The van der Waals surface area contributed by atoms with Gasteiger partial charge in [-0.2, -0.15) is 0 Å². The summed E-state index contributed by atoms with van der Waals surface area (Å²) in [7, 11) is 0. The standard InChI is InChI=1S/C12H23O2/c1-2-3-4-5-6-7-8-9-10-11-12(13)14/h6H,2-5,7-11H2,1H3,(H,13,14). The maximum Gasteiger partial charge on any atom is 0.303 e. The summed E-state index contributed by atoms with van der Waals surface area (Å²) in [5.41, 5.74) is 0. The second kappa shape index (κ2) is 10.6. The van der Waals surface area contributed by atoms with Gasteiger partial charge in [-0.25, -0.2) is 0 Å². The van der Waals surface area contributed by atoms with Gasteiger partial charge < -0.3 is 5.11 Å². The van der Waals surface area contributed by atoms with E-state index in [-0.39, 0.29) is 0 Å². The van der Waals surface area contributed by atoms with E-state index >= 15 is 0 Å². The summed E-state index contributed by atoms with van der Waals surface area (Å²) in [5.74, 6) is -0.670. The van der Waals surface area contributed by atoms with Gasteiger partial charge in [0.15, 0.2) is 0 Å². The minimum absolute atomic E-state index is 0.329. The van der Waals surface area contributed by atoms with Crippen LogP contribution in [0.25, 0.3) is 0 Å². The van der Waals surface area contributed by atoms with Crippen LogP contribution >= 0.6 is 0 Å². The largest absolute Gasteiger partial charge is 0.481 e. The fourth-order valence-electron chi connectivity index (χ4n) is 1.42. The molecule has 0 aromatic rings. The molecule has 0 aromatic heterocycles. The Hall–Kier alpha value is -0.530. The summed E-state index contributed by atoms with van der Waals surface area (Å²) in [6, 6.07) is 0. The predicted octanol–water partition coefficient (Wildman–Crippen LogP) is 3.81. The highest BCUT2D eigenvalue weighted by molar-refractivity contribution is 5.66. The SMILES string of the molecule is CCCCC[CH]CCCCCC(=O)O. The van der Waals surface area contributed by atoms with Crippen LogP contribution in [0.3, 0.4) is 0 Å². The number of carbonyl (C=O) groups is 1. The molecule has 0 aromatic carbocycles. The van der Waals surface area contributed by atoms with E-state index in [0.717, 1.165) is 25.7 Å². The Kier molecular flexibility index (Phi) is 10.2. The summed E-state index contributed by atoms with van der Waals surface area (Å²) in [4.78, 5) is 10.2. The summed E-state index contributed by atoms with van der Waals surface area (Å²) in [6.07, 6.45) is 12.0. The lowest BCUT2D eigenvalue weighted by atomic mass is 10.1. The third-order valence-electron chi connectivity index (χ3n) is 2.31. The molecule has 0 amide bonds. The molecule has 0 saturated carbocycles. The van der Waals surface area contributed by atoms with Crippen molar-refractivity contribution in [3.63, 3.8) is 0 Å². The van der Waals surface area contributed by atoms with Crippen molar-refractivity contribution < 1.29 is 9.90 Å². The predicted molar refractivity (Wildman–Crippen MR) is 59.2 cm³/mol. The van der Waals surface area contributed by atoms with Crippen molar-refractivity contribution in [3.05, 3.63) is 6.42 Å². The number of carboxylic acids is 1. The molecule has 0 fully saturated rings. The zero-order chi connectivity index (χ0) is 10.6. The molecule has 0 atom stereocenters. The van der Waals surface area contributed by atoms with Gasteiger partial charge in [0.25, 0.3) is 0 Å². The third kappa shape index (κ3) is 11.5. The summed E-state index contributed by atoms with van der Waals surface area (Å²) in [6.45, 7) is 2.21. The molecule has 83 valence electrons. The first-order chi connectivity index (χ1) is 6.77. The van der Waals surface area contributed by atoms with Crippen LogP contribution in [0.15, 0.2) is 0 Å². The van der Waals surface area contributed by atoms with Crippen molar-refractivity contribution in [3.8, 4) is 0 Å². The average Bonchev–Trinajstić information content (AvgIpc) is 2.15. The molecule has 0 rings (SSSR count). The Bertz CT molecular complexity index is 132. The maximum atomic E-state index is 10.2. The highest BCUT2D eigenvalue weighted by Crippen LogP contribution is 2.09. The van der Waals surface area contributed by atoms with Crippen LogP contribution in [-0.4, -0.2) is 11.1 Å². The molecule has 0 bridgehead atoms.